The summed E-state index contributed by atoms with van der Waals surface area (Å²) >= 11 is 5.23. The molecule has 0 aromatic rings. The molecule has 1 atom stereocenters. The third kappa shape index (κ3) is 4.44. The molecule has 0 aromatic carbocycles. The van der Waals surface area contributed by atoms with Crippen molar-refractivity contribution in [3.05, 3.63) is 0 Å². The van der Waals surface area contributed by atoms with Gasteiger partial charge in [0.1, 0.15) is 0 Å². The van der Waals surface area contributed by atoms with E-state index in [0.717, 1.165) is 38.0 Å². The molecule has 0 heterocycles. The number of thiocarbonyl (C=S) groups is 1. The van der Waals surface area contributed by atoms with E-state index < -0.39 is 5.54 Å². The van der Waals surface area contributed by atoms with Crippen LogP contribution >= 0.6 is 12.2 Å². The maximum atomic E-state index is 12.1. The fourth-order valence-corrected chi connectivity index (χ4v) is 3.05. The second kappa shape index (κ2) is 7.22. The summed E-state index contributed by atoms with van der Waals surface area (Å²) in [7, 11) is 0. The molecule has 19 heavy (non-hydrogen) atoms. The summed E-state index contributed by atoms with van der Waals surface area (Å²) in [5, 5.41) is 3.14. The van der Waals surface area contributed by atoms with Crippen LogP contribution in [0.3, 0.4) is 0 Å². The first kappa shape index (κ1) is 16.4. The van der Waals surface area contributed by atoms with E-state index in [4.69, 9.17) is 18.0 Å². The molecule has 1 amide bonds. The molecular weight excluding hydrogens is 256 g/mol. The van der Waals surface area contributed by atoms with E-state index in [9.17, 15) is 4.79 Å². The summed E-state index contributed by atoms with van der Waals surface area (Å²) in [6.45, 7) is 6.43. The van der Waals surface area contributed by atoms with Crippen LogP contribution in [0.5, 0.6) is 0 Å². The predicted molar refractivity (Wildman–Crippen MR) is 84.0 cm³/mol. The molecule has 0 aliphatic heterocycles. The Morgan fingerprint density at radius 2 is 2.00 bits per heavy atom. The van der Waals surface area contributed by atoms with Crippen LogP contribution in [0.1, 0.15) is 65.7 Å². The van der Waals surface area contributed by atoms with Crippen LogP contribution in [0, 0.1) is 11.8 Å². The van der Waals surface area contributed by atoms with Crippen LogP contribution in [0.2, 0.25) is 0 Å². The normalized spacial score (nSPS) is 28.7. The molecular formula is C15H28N2OS. The van der Waals surface area contributed by atoms with Crippen LogP contribution in [0.25, 0.3) is 0 Å². The zero-order chi connectivity index (χ0) is 14.5. The largest absolute Gasteiger partial charge is 0.391 e. The van der Waals surface area contributed by atoms with E-state index >= 15 is 0 Å². The predicted octanol–water partition coefficient (Wildman–Crippen LogP) is 3.16. The summed E-state index contributed by atoms with van der Waals surface area (Å²) in [5.41, 5.74) is 5.49. The second-order valence-corrected chi connectivity index (χ2v) is 6.50. The van der Waals surface area contributed by atoms with Crippen molar-refractivity contribution in [2.24, 2.45) is 17.6 Å². The maximum Gasteiger partial charge on any atom is 0.221 e. The monoisotopic (exact) mass is 284 g/mol. The standard InChI is InChI=1S/C15H28N2OS/c1-4-11(3)10-13(18)17-15(14(16)19)8-6-12(5-2)7-9-15/h11-12H,4-10H2,1-3H3,(H2,16,19)(H,17,18). The molecule has 1 fully saturated rings. The minimum absolute atomic E-state index is 0.0945. The molecule has 3 nitrogen and oxygen atoms in total. The highest BCUT2D eigenvalue weighted by atomic mass is 32.1. The molecule has 4 heteroatoms. The fraction of sp³-hybridized carbons (Fsp3) is 0.867. The molecule has 1 aliphatic rings. The third-order valence-corrected chi connectivity index (χ3v) is 5.01. The number of rotatable bonds is 6. The quantitative estimate of drug-likeness (QED) is 0.737. The van der Waals surface area contributed by atoms with Crippen LogP contribution in [0.4, 0.5) is 0 Å². The van der Waals surface area contributed by atoms with Crippen LogP contribution in [-0.2, 0) is 4.79 Å². The maximum absolute atomic E-state index is 12.1. The molecule has 0 aromatic heterocycles. The smallest absolute Gasteiger partial charge is 0.221 e. The molecule has 0 radical (unpaired) electrons. The lowest BCUT2D eigenvalue weighted by Gasteiger charge is -2.40. The topological polar surface area (TPSA) is 55.1 Å². The van der Waals surface area contributed by atoms with Crippen LogP contribution in [0.15, 0.2) is 0 Å². The molecule has 1 unspecified atom stereocenters. The number of hydrogen-bond donors (Lipinski definition) is 2. The number of amides is 1. The van der Waals surface area contributed by atoms with Crippen molar-refractivity contribution in [1.29, 1.82) is 0 Å². The Hall–Kier alpha value is -0.640. The fourth-order valence-electron chi connectivity index (χ4n) is 2.79. The Morgan fingerprint density at radius 1 is 1.42 bits per heavy atom. The van der Waals surface area contributed by atoms with E-state index in [-0.39, 0.29) is 5.91 Å². The van der Waals surface area contributed by atoms with Crippen molar-refractivity contribution in [2.75, 3.05) is 0 Å². The zero-order valence-electron chi connectivity index (χ0n) is 12.5. The van der Waals surface area contributed by atoms with Crippen molar-refractivity contribution < 1.29 is 4.79 Å². The van der Waals surface area contributed by atoms with Gasteiger partial charge in [-0.15, -0.1) is 0 Å². The summed E-state index contributed by atoms with van der Waals surface area (Å²) in [5.74, 6) is 1.27. The van der Waals surface area contributed by atoms with Gasteiger partial charge in [-0.05, 0) is 37.5 Å². The van der Waals surface area contributed by atoms with Crippen molar-refractivity contribution >= 4 is 23.1 Å². The zero-order valence-corrected chi connectivity index (χ0v) is 13.3. The molecule has 0 spiro atoms. The number of nitrogens with two attached hydrogens (primary N) is 1. The highest BCUT2D eigenvalue weighted by Gasteiger charge is 2.38. The summed E-state index contributed by atoms with van der Waals surface area (Å²) in [6.07, 6.45) is 6.80. The van der Waals surface area contributed by atoms with E-state index in [1.54, 1.807) is 0 Å². The average molecular weight is 284 g/mol. The number of carbonyl (C=O) groups excluding carboxylic acids is 1. The highest BCUT2D eigenvalue weighted by Crippen LogP contribution is 2.34. The van der Waals surface area contributed by atoms with Gasteiger partial charge in [0.2, 0.25) is 5.91 Å². The van der Waals surface area contributed by atoms with Crippen LogP contribution < -0.4 is 11.1 Å². The molecule has 3 N–H and O–H groups in total. The van der Waals surface area contributed by atoms with E-state index in [2.05, 4.69) is 26.1 Å². The van der Waals surface area contributed by atoms with Gasteiger partial charge < -0.3 is 11.1 Å². The first-order valence-corrected chi connectivity index (χ1v) is 7.95. The molecule has 1 aliphatic carbocycles. The molecule has 1 saturated carbocycles. The van der Waals surface area contributed by atoms with Gasteiger partial charge in [0.15, 0.2) is 0 Å². The molecule has 110 valence electrons. The van der Waals surface area contributed by atoms with E-state index in [1.807, 2.05) is 0 Å². The minimum atomic E-state index is -0.425. The second-order valence-electron chi connectivity index (χ2n) is 6.06. The Balaban J connectivity index is 2.63. The van der Waals surface area contributed by atoms with Gasteiger partial charge in [-0.25, -0.2) is 0 Å². The van der Waals surface area contributed by atoms with E-state index in [1.165, 1.54) is 6.42 Å². The summed E-state index contributed by atoms with van der Waals surface area (Å²) < 4.78 is 0. The number of hydrogen-bond acceptors (Lipinski definition) is 2. The number of carbonyl (C=O) groups is 1. The third-order valence-electron chi connectivity index (χ3n) is 4.62. The Kier molecular flexibility index (Phi) is 6.24. The first-order valence-electron chi connectivity index (χ1n) is 7.54. The lowest BCUT2D eigenvalue weighted by Crippen LogP contribution is -2.58. The SMILES string of the molecule is CCC(C)CC(=O)NC1(C(N)=S)CCC(CC)CC1. The lowest BCUT2D eigenvalue weighted by molar-refractivity contribution is -0.123. The van der Waals surface area contributed by atoms with Gasteiger partial charge in [0, 0.05) is 6.42 Å². The van der Waals surface area contributed by atoms with Crippen molar-refractivity contribution in [3.63, 3.8) is 0 Å². The first-order chi connectivity index (χ1) is 8.93. The highest BCUT2D eigenvalue weighted by molar-refractivity contribution is 7.80. The Morgan fingerprint density at radius 3 is 2.42 bits per heavy atom. The van der Waals surface area contributed by atoms with Gasteiger partial charge in [0.05, 0.1) is 10.5 Å². The molecule has 0 bridgehead atoms. The van der Waals surface area contributed by atoms with Gasteiger partial charge in [-0.3, -0.25) is 4.79 Å². The van der Waals surface area contributed by atoms with Gasteiger partial charge in [0.25, 0.3) is 0 Å². The van der Waals surface area contributed by atoms with Gasteiger partial charge in [-0.1, -0.05) is 45.8 Å². The van der Waals surface area contributed by atoms with E-state index in [0.29, 0.717) is 17.3 Å². The summed E-state index contributed by atoms with van der Waals surface area (Å²) in [4.78, 5) is 12.6. The van der Waals surface area contributed by atoms with Crippen molar-refractivity contribution in [1.82, 2.24) is 5.32 Å². The number of nitrogens with one attached hydrogen (secondary N) is 1. The Bertz CT molecular complexity index is 322. The molecule has 0 saturated heterocycles. The van der Waals surface area contributed by atoms with Gasteiger partial charge in [-0.2, -0.15) is 0 Å². The average Bonchev–Trinajstić information content (AvgIpc) is 2.39. The Labute approximate surface area is 122 Å². The minimum Gasteiger partial charge on any atom is -0.391 e. The summed E-state index contributed by atoms with van der Waals surface area (Å²) in [6, 6.07) is 0. The lowest BCUT2D eigenvalue weighted by atomic mass is 9.75. The van der Waals surface area contributed by atoms with Crippen molar-refractivity contribution in [2.45, 2.75) is 71.3 Å². The van der Waals surface area contributed by atoms with Gasteiger partial charge >= 0.3 is 0 Å². The van der Waals surface area contributed by atoms with Crippen molar-refractivity contribution in [3.8, 4) is 0 Å². The van der Waals surface area contributed by atoms with Crippen LogP contribution in [-0.4, -0.2) is 16.4 Å². The molecule has 1 rings (SSSR count).